The molecule has 4 N–H and O–H groups in total. The summed E-state index contributed by atoms with van der Waals surface area (Å²) in [6.45, 7) is 0. The van der Waals surface area contributed by atoms with Crippen molar-refractivity contribution >= 4 is 24.9 Å². The lowest BCUT2D eigenvalue weighted by Crippen LogP contribution is -2.19. The predicted octanol–water partition coefficient (Wildman–Crippen LogP) is 4.87. The van der Waals surface area contributed by atoms with Crippen molar-refractivity contribution in [1.82, 2.24) is 0 Å². The fourth-order valence-corrected chi connectivity index (χ4v) is 3.11. The molecule has 0 spiro atoms. The number of hydrogen-bond donors (Lipinski definition) is 3. The second-order valence-corrected chi connectivity index (χ2v) is 7.27. The first kappa shape index (κ1) is 30.8. The summed E-state index contributed by atoms with van der Waals surface area (Å²) in [6.07, 6.45) is 3.93. The minimum Gasteiger partial charge on any atom is -0.427 e. The average molecular weight is 454 g/mol. The van der Waals surface area contributed by atoms with E-state index in [0.717, 1.165) is 63.5 Å². The van der Waals surface area contributed by atoms with Crippen LogP contribution in [0.1, 0.15) is 69.9 Å². The van der Waals surface area contributed by atoms with Gasteiger partial charge in [0.15, 0.2) is 0 Å². The van der Waals surface area contributed by atoms with Gasteiger partial charge < -0.3 is 15.8 Å². The van der Waals surface area contributed by atoms with Crippen LogP contribution in [0, 0.1) is 0 Å². The number of benzene rings is 1. The second-order valence-electron chi connectivity index (χ2n) is 6.87. The van der Waals surface area contributed by atoms with Crippen LogP contribution < -0.4 is 5.73 Å². The second kappa shape index (κ2) is 17.3. The van der Waals surface area contributed by atoms with Gasteiger partial charge in [0, 0.05) is 11.1 Å². The first-order chi connectivity index (χ1) is 13.6. The minimum absolute atomic E-state index is 0. The average Bonchev–Trinajstić information content (AvgIpc) is 2.62. The summed E-state index contributed by atoms with van der Waals surface area (Å²) in [7, 11) is -1.24. The Labute approximate surface area is 181 Å². The fourth-order valence-electron chi connectivity index (χ4n) is 2.90. The van der Waals surface area contributed by atoms with Gasteiger partial charge in [-0.15, -0.1) is 0 Å². The summed E-state index contributed by atoms with van der Waals surface area (Å²) >= 11 is 5.99. The van der Waals surface area contributed by atoms with Gasteiger partial charge in [0.2, 0.25) is 0 Å². The summed E-state index contributed by atoms with van der Waals surface area (Å²) in [5.41, 5.74) is 5.91. The van der Waals surface area contributed by atoms with Crippen LogP contribution in [0.4, 0.5) is 13.2 Å². The maximum Gasteiger partial charge on any atom is 0.451 e. The lowest BCUT2D eigenvalue weighted by Gasteiger charge is -2.12. The van der Waals surface area contributed by atoms with Gasteiger partial charge in [0.1, 0.15) is 0 Å². The molecule has 1 unspecified atom stereocenters. The number of alkyl halides is 3. The highest BCUT2D eigenvalue weighted by Crippen LogP contribution is 2.32. The molecule has 0 saturated heterocycles. The summed E-state index contributed by atoms with van der Waals surface area (Å²) in [4.78, 5) is 16.2. The highest BCUT2D eigenvalue weighted by Gasteiger charge is 2.30. The van der Waals surface area contributed by atoms with Gasteiger partial charge >= 0.3 is 19.4 Å². The van der Waals surface area contributed by atoms with Crippen molar-refractivity contribution in [2.45, 2.75) is 83.8 Å². The third kappa shape index (κ3) is 15.5. The molecule has 172 valence electrons. The molecule has 1 atom stereocenters. The molecule has 0 amide bonds. The van der Waals surface area contributed by atoms with Crippen molar-refractivity contribution in [1.29, 1.82) is 0 Å². The Morgan fingerprint density at radius 2 is 1.57 bits per heavy atom. The van der Waals surface area contributed by atoms with Gasteiger partial charge in [0.25, 0.3) is 0 Å². The monoisotopic (exact) mass is 453 g/mol. The van der Waals surface area contributed by atoms with Crippen molar-refractivity contribution in [2.24, 2.45) is 5.73 Å². The molecule has 0 radical (unpaired) electrons. The molecule has 0 bridgehead atoms. The van der Waals surface area contributed by atoms with Gasteiger partial charge in [-0.2, -0.15) is 22.8 Å². The van der Waals surface area contributed by atoms with E-state index < -0.39 is 18.9 Å². The molecular formula is C20H32BClF3NO4. The topological polar surface area (TPSA) is 101 Å². The van der Waals surface area contributed by atoms with Gasteiger partial charge in [0.05, 0.1) is 5.56 Å². The van der Waals surface area contributed by atoms with E-state index in [2.05, 4.69) is 0 Å². The molecule has 0 aromatic heterocycles. The lowest BCUT2D eigenvalue weighted by molar-refractivity contribution is -0.191. The molecule has 0 aliphatic carbocycles. The number of halogens is 4. The first-order valence-electron chi connectivity index (χ1n) is 9.58. The zero-order valence-electron chi connectivity index (χ0n) is 16.3. The molecular weight excluding hydrogens is 421 g/mol. The van der Waals surface area contributed by atoms with Gasteiger partial charge in [-0.05, 0) is 55.8 Å². The van der Waals surface area contributed by atoms with E-state index >= 15 is 0 Å². The van der Waals surface area contributed by atoms with E-state index in [1.165, 1.54) is 6.07 Å². The molecule has 0 heterocycles. The highest BCUT2D eigenvalue weighted by atomic mass is 35.5. The van der Waals surface area contributed by atoms with Crippen LogP contribution in [0.2, 0.25) is 11.3 Å². The first-order valence-corrected chi connectivity index (χ1v) is 9.96. The summed E-state index contributed by atoms with van der Waals surface area (Å²) in [6, 6.07) is 3.58. The smallest absolute Gasteiger partial charge is 0.427 e. The van der Waals surface area contributed by atoms with E-state index in [1.54, 1.807) is 0 Å². The molecule has 0 fully saturated rings. The number of rotatable bonds is 12. The maximum absolute atomic E-state index is 12.7. The van der Waals surface area contributed by atoms with Crippen LogP contribution in [0.25, 0.3) is 0 Å². The van der Waals surface area contributed by atoms with Crippen LogP contribution in [0.15, 0.2) is 18.2 Å². The zero-order chi connectivity index (χ0) is 22.3. The molecule has 0 aliphatic heterocycles. The van der Waals surface area contributed by atoms with Gasteiger partial charge in [-0.1, -0.05) is 51.1 Å². The Balaban J connectivity index is 0. The van der Waals surface area contributed by atoms with Crippen LogP contribution >= 0.6 is 11.6 Å². The molecule has 30 heavy (non-hydrogen) atoms. The quantitative estimate of drug-likeness (QED) is 0.309. The summed E-state index contributed by atoms with van der Waals surface area (Å²) in [5.74, 6) is 0. The van der Waals surface area contributed by atoms with Gasteiger partial charge in [-0.3, -0.25) is 0 Å². The Hall–Kier alpha value is -1.38. The maximum atomic E-state index is 12.7. The van der Waals surface area contributed by atoms with E-state index in [0.29, 0.717) is 23.3 Å². The normalized spacial score (nSPS) is 11.6. The molecule has 0 aliphatic rings. The number of nitrogens with two attached hydrogens (primary N) is 1. The van der Waals surface area contributed by atoms with Crippen molar-refractivity contribution in [3.8, 4) is 0 Å². The van der Waals surface area contributed by atoms with Crippen molar-refractivity contribution < 1.29 is 32.8 Å². The molecule has 0 saturated carbocycles. The van der Waals surface area contributed by atoms with E-state index in [9.17, 15) is 13.2 Å². The lowest BCUT2D eigenvalue weighted by atomic mass is 9.83. The minimum atomic E-state index is -4.34. The number of aryl methyl sites for hydroxylation is 1. The standard InChI is InChI=1S/C18H28BClF3NO2.CO2.CH4/c20-17-11-10-15(18(21,22)23)13-14(17)7-3-1-2-4-8-16(24)9-5-6-12-19(25)26;2-1-3;/h10-11,13,16,25-26H,1-9,12,24H2;;1H4. The molecule has 1 rings (SSSR count). The third-order valence-corrected chi connectivity index (χ3v) is 4.80. The molecule has 1 aromatic rings. The summed E-state index contributed by atoms with van der Waals surface area (Å²) < 4.78 is 38.2. The van der Waals surface area contributed by atoms with Crippen molar-refractivity contribution in [2.75, 3.05) is 0 Å². The van der Waals surface area contributed by atoms with Crippen molar-refractivity contribution in [3.63, 3.8) is 0 Å². The molecule has 5 nitrogen and oxygen atoms in total. The van der Waals surface area contributed by atoms with Crippen LogP contribution in [0.3, 0.4) is 0 Å². The van der Waals surface area contributed by atoms with Crippen LogP contribution in [0.5, 0.6) is 0 Å². The van der Waals surface area contributed by atoms with Crippen molar-refractivity contribution in [3.05, 3.63) is 34.3 Å². The number of carbonyl (C=O) groups excluding carboxylic acids is 2. The number of unbranched alkanes of at least 4 members (excludes halogenated alkanes) is 4. The fraction of sp³-hybridized carbons (Fsp3) is 0.650. The Bertz CT molecular complexity index is 612. The Kier molecular flexibility index (Phi) is 17.8. The third-order valence-electron chi connectivity index (χ3n) is 4.43. The van der Waals surface area contributed by atoms with E-state index in [4.69, 9.17) is 37.0 Å². The molecule has 1 aromatic carbocycles. The van der Waals surface area contributed by atoms with Gasteiger partial charge in [-0.25, -0.2) is 0 Å². The Morgan fingerprint density at radius 1 is 1.03 bits per heavy atom. The highest BCUT2D eigenvalue weighted by molar-refractivity contribution is 6.40. The van der Waals surface area contributed by atoms with Crippen LogP contribution in [-0.2, 0) is 22.2 Å². The molecule has 10 heteroatoms. The SMILES string of the molecule is C.NC(CCCCCCc1cc(C(F)(F)F)ccc1Cl)CCCCB(O)O.O=C=O. The zero-order valence-corrected chi connectivity index (χ0v) is 17.0. The van der Waals surface area contributed by atoms with E-state index in [1.807, 2.05) is 0 Å². The number of hydrogen-bond acceptors (Lipinski definition) is 5. The largest absolute Gasteiger partial charge is 0.451 e. The van der Waals surface area contributed by atoms with Crippen LogP contribution in [-0.4, -0.2) is 29.4 Å². The Morgan fingerprint density at radius 3 is 2.10 bits per heavy atom. The summed E-state index contributed by atoms with van der Waals surface area (Å²) in [5, 5.41) is 17.9. The van der Waals surface area contributed by atoms with E-state index in [-0.39, 0.29) is 19.6 Å². The predicted molar refractivity (Wildman–Crippen MR) is 112 cm³/mol.